The molecule has 0 nitrogen and oxygen atoms in total. The van der Waals surface area contributed by atoms with Crippen LogP contribution in [0.5, 0.6) is 0 Å². The first-order valence-electron chi connectivity index (χ1n) is 4.09. The Balaban J connectivity index is 1.71. The fourth-order valence-electron chi connectivity index (χ4n) is 1.25. The molecule has 0 saturated heterocycles. The average molecular weight is 602 g/mol. The van der Waals surface area contributed by atoms with Crippen LogP contribution < -0.4 is 0 Å². The van der Waals surface area contributed by atoms with Crippen LogP contribution in [0.1, 0.15) is 0 Å². The zero-order chi connectivity index (χ0) is 11.6. The molecule has 2 aromatic rings. The summed E-state index contributed by atoms with van der Waals surface area (Å²) in [4.78, 5) is 0. The fourth-order valence-corrected chi connectivity index (χ4v) is 94.5. The van der Waals surface area contributed by atoms with Gasteiger partial charge in [-0.25, -0.2) is 0 Å². The van der Waals surface area contributed by atoms with Crippen LogP contribution in [0.25, 0.3) is 0 Å². The number of hydrogen-bond acceptors (Lipinski definition) is 10. The maximum atomic E-state index is 5.26. The molecule has 0 N–H and O–H groups in total. The Kier molecular flexibility index (Phi) is 3.91. The molecule has 0 aliphatic carbocycles. The Bertz CT molecular complexity index is 595. The molecule has 0 aromatic carbocycles. The maximum absolute atomic E-state index is 5.26. The molecule has 0 saturated carbocycles. The topological polar surface area (TPSA) is 0 Å². The van der Waals surface area contributed by atoms with Crippen LogP contribution >= 0.6 is 104 Å². The molecule has 2 aliphatic rings. The average Bonchev–Trinajstić information content (AvgIpc) is 2.85. The van der Waals surface area contributed by atoms with Gasteiger partial charge in [0.15, 0.2) is 0 Å². The van der Waals surface area contributed by atoms with Gasteiger partial charge in [0.2, 0.25) is 0 Å². The van der Waals surface area contributed by atoms with Gasteiger partial charge in [-0.3, -0.25) is 0 Å². The molecule has 0 amide bonds. The van der Waals surface area contributed by atoms with Gasteiger partial charge in [-0.2, -0.15) is 0 Å². The van der Waals surface area contributed by atoms with Gasteiger partial charge in [0.1, 0.15) is 0 Å². The molecule has 0 bridgehead atoms. The zero-order valence-corrected chi connectivity index (χ0v) is 19.2. The monoisotopic (exact) mass is 601 g/mol. The second-order valence-electron chi connectivity index (χ2n) is 2.87. The van der Waals surface area contributed by atoms with Gasteiger partial charge < -0.3 is 0 Å². The molecule has 90 valence electrons. The first kappa shape index (κ1) is 13.5. The van der Waals surface area contributed by atoms with Gasteiger partial charge in [0.25, 0.3) is 0 Å². The van der Waals surface area contributed by atoms with Crippen LogP contribution in [-0.4, -0.2) is 14.4 Å². The molecule has 2 aromatic heterocycles. The summed E-state index contributed by atoms with van der Waals surface area (Å²) in [6.07, 6.45) is 0. The molecule has 2 aliphatic heterocycles. The van der Waals surface area contributed by atoms with Crippen molar-refractivity contribution < 1.29 is 0 Å². The predicted molar refractivity (Wildman–Crippen MR) is 95.2 cm³/mol. The summed E-state index contributed by atoms with van der Waals surface area (Å²) in [5, 5.41) is 0. The number of hydrogen-bond donors (Lipinski definition) is 0. The van der Waals surface area contributed by atoms with Gasteiger partial charge in [0.05, 0.1) is 0 Å². The summed E-state index contributed by atoms with van der Waals surface area (Å²) in [7, 11) is 8.72. The Labute approximate surface area is 138 Å². The first-order chi connectivity index (χ1) is 8.13. The second kappa shape index (κ2) is 4.93. The minimum atomic E-state index is -2.27. The van der Waals surface area contributed by atoms with Crippen LogP contribution in [0.3, 0.4) is 0 Å². The quantitative estimate of drug-likeness (QED) is 0.236. The van der Waals surface area contributed by atoms with E-state index in [1.165, 1.54) is 16.8 Å². The minimum absolute atomic E-state index is 1.08. The van der Waals surface area contributed by atoms with Crippen LogP contribution in [0.15, 0.2) is 16.8 Å². The summed E-state index contributed by atoms with van der Waals surface area (Å²) in [6, 6.07) is 0. The first-order valence-corrected chi connectivity index (χ1v) is 28.3. The summed E-state index contributed by atoms with van der Waals surface area (Å²) in [5.74, 6) is 0. The van der Waals surface area contributed by atoms with Crippen LogP contribution in [0, 0.1) is 6.28 Å². The van der Waals surface area contributed by atoms with Gasteiger partial charge in [-0.05, 0) is 0 Å². The normalized spacial score (nSPS) is 21.6. The van der Waals surface area contributed by atoms with Crippen molar-refractivity contribution in [2.24, 2.45) is 0 Å². The van der Waals surface area contributed by atoms with Crippen molar-refractivity contribution in [3.05, 3.63) is 6.28 Å². The van der Waals surface area contributed by atoms with Crippen molar-refractivity contribution >= 4 is 118 Å². The van der Waals surface area contributed by atoms with Gasteiger partial charge >= 0.3 is 141 Å². The molecule has 4 heterocycles. The van der Waals surface area contributed by atoms with E-state index in [0.717, 1.165) is 6.28 Å². The van der Waals surface area contributed by atoms with E-state index < -0.39 is 14.4 Å². The van der Waals surface area contributed by atoms with Crippen molar-refractivity contribution in [2.75, 3.05) is 0 Å². The third-order valence-corrected chi connectivity index (χ3v) is 60.0. The molecule has 0 atom stereocenters. The number of fused-ring (bicyclic) bond motifs is 2. The van der Waals surface area contributed by atoms with E-state index in [-0.39, 0.29) is 0 Å². The predicted octanol–water partition coefficient (Wildman–Crippen LogP) is 6.92. The van der Waals surface area contributed by atoms with Crippen LogP contribution in [0.2, 0.25) is 0 Å². The van der Waals surface area contributed by atoms with Crippen molar-refractivity contribution in [1.82, 2.24) is 0 Å². The van der Waals surface area contributed by atoms with E-state index in [4.69, 9.17) is 24.4 Å². The Morgan fingerprint density at radius 1 is 0.588 bits per heavy atom. The van der Waals surface area contributed by atoms with E-state index in [2.05, 4.69) is 34.1 Å². The molecule has 0 radical (unpaired) electrons. The van der Waals surface area contributed by atoms with E-state index in [0.29, 0.717) is 0 Å². The molecular formula is C6BiS10-. The molecule has 0 fully saturated rings. The summed E-state index contributed by atoms with van der Waals surface area (Å²) < 4.78 is 8.17. The molecule has 0 unspecified atom stereocenters. The molecule has 11 heteroatoms. The second-order valence-corrected chi connectivity index (χ2v) is 56.1. The van der Waals surface area contributed by atoms with Gasteiger partial charge in [0, 0.05) is 0 Å². The third kappa shape index (κ3) is 2.43. The summed E-state index contributed by atoms with van der Waals surface area (Å²) >= 11 is 15.5. The van der Waals surface area contributed by atoms with Gasteiger partial charge in [-0.1, -0.05) is 0 Å². The SMILES string of the molecule is S=c1sc2c(s1)[S][Bi-]1([S]2)[S]c2sc(=S)sc2[S]1. The zero-order valence-electron chi connectivity index (χ0n) is 7.53. The number of rotatable bonds is 0. The van der Waals surface area contributed by atoms with E-state index in [9.17, 15) is 0 Å². The summed E-state index contributed by atoms with van der Waals surface area (Å²) in [5.41, 5.74) is 0. The van der Waals surface area contributed by atoms with E-state index >= 15 is 0 Å². The van der Waals surface area contributed by atoms with E-state index in [1.54, 1.807) is 0 Å². The van der Waals surface area contributed by atoms with Crippen molar-refractivity contribution in [1.29, 1.82) is 0 Å². The van der Waals surface area contributed by atoms with E-state index in [1.807, 2.05) is 45.3 Å². The molecule has 1 spiro atoms. The molecule has 4 rings (SSSR count). The fraction of sp³-hybridized carbons (Fsp3) is 0. The third-order valence-electron chi connectivity index (χ3n) is 1.82. The molecule has 17 heavy (non-hydrogen) atoms. The Hall–Kier alpha value is 2.82. The van der Waals surface area contributed by atoms with Crippen molar-refractivity contribution in [3.63, 3.8) is 0 Å². The standard InChI is InChI=1S/2C3H2S5.Bi/c2*4-1-2(5)8-3(6)7-1;/h2*4-5H;/q;;+3/p-4. The van der Waals surface area contributed by atoms with Crippen LogP contribution in [-0.2, 0) is 0 Å². The Morgan fingerprint density at radius 2 is 0.882 bits per heavy atom. The molecular weight excluding hydrogens is 602 g/mol. The Morgan fingerprint density at radius 3 is 1.18 bits per heavy atom. The van der Waals surface area contributed by atoms with Gasteiger partial charge in [-0.15, -0.1) is 0 Å². The van der Waals surface area contributed by atoms with Crippen molar-refractivity contribution in [2.45, 2.75) is 16.8 Å². The van der Waals surface area contributed by atoms with Crippen molar-refractivity contribution in [3.8, 4) is 0 Å². The van der Waals surface area contributed by atoms with Crippen LogP contribution in [0.4, 0.5) is 0 Å². The summed E-state index contributed by atoms with van der Waals surface area (Å²) in [6.45, 7) is 0.